The zero-order valence-corrected chi connectivity index (χ0v) is 12.4. The van der Waals surface area contributed by atoms with Crippen LogP contribution in [0.2, 0.25) is 0 Å². The van der Waals surface area contributed by atoms with E-state index in [1.54, 1.807) is 0 Å². The highest BCUT2D eigenvalue weighted by atomic mass is 79.9. The third-order valence-electron chi connectivity index (χ3n) is 3.06. The molecule has 0 spiro atoms. The van der Waals surface area contributed by atoms with Gasteiger partial charge in [0.25, 0.3) is 0 Å². The third-order valence-corrected chi connectivity index (χ3v) is 3.99. The molecule has 0 amide bonds. The highest BCUT2D eigenvalue weighted by Crippen LogP contribution is 2.22. The van der Waals surface area contributed by atoms with Crippen molar-refractivity contribution in [3.63, 3.8) is 0 Å². The molecule has 1 rings (SSSR count). The number of benzene rings is 1. The fourth-order valence-electron chi connectivity index (χ4n) is 1.93. The van der Waals surface area contributed by atoms with Gasteiger partial charge < -0.3 is 0 Å². The highest BCUT2D eigenvalue weighted by molar-refractivity contribution is 9.10. The van der Waals surface area contributed by atoms with E-state index in [1.807, 2.05) is 0 Å². The summed E-state index contributed by atoms with van der Waals surface area (Å²) in [5, 5.41) is 0. The molecule has 1 aromatic rings. The van der Waals surface area contributed by atoms with Crippen LogP contribution in [0, 0.1) is 11.8 Å². The van der Waals surface area contributed by atoms with Crippen molar-refractivity contribution in [2.75, 3.05) is 5.88 Å². The first-order valence-corrected chi connectivity index (χ1v) is 7.28. The fourth-order valence-corrected chi connectivity index (χ4v) is 2.62. The van der Waals surface area contributed by atoms with Gasteiger partial charge in [-0.2, -0.15) is 0 Å². The Morgan fingerprint density at radius 3 is 2.69 bits per heavy atom. The van der Waals surface area contributed by atoms with Crippen LogP contribution in [0.3, 0.4) is 0 Å². The molecule has 2 heteroatoms. The van der Waals surface area contributed by atoms with Crippen LogP contribution in [-0.2, 0) is 6.42 Å². The predicted molar refractivity (Wildman–Crippen MR) is 76.1 cm³/mol. The maximum atomic E-state index is 6.05. The van der Waals surface area contributed by atoms with Gasteiger partial charge in [-0.1, -0.05) is 48.3 Å². The monoisotopic (exact) mass is 302 g/mol. The molecule has 0 aliphatic rings. The van der Waals surface area contributed by atoms with Crippen LogP contribution in [0.1, 0.15) is 32.3 Å². The molecule has 0 aliphatic heterocycles. The summed E-state index contributed by atoms with van der Waals surface area (Å²) in [7, 11) is 0. The summed E-state index contributed by atoms with van der Waals surface area (Å²) in [6.07, 6.45) is 3.56. The van der Waals surface area contributed by atoms with Crippen molar-refractivity contribution in [1.82, 2.24) is 0 Å². The molecule has 0 fully saturated rings. The first kappa shape index (κ1) is 14.1. The highest BCUT2D eigenvalue weighted by Gasteiger charge is 2.12. The molecule has 0 aromatic heterocycles. The second kappa shape index (κ2) is 7.34. The van der Waals surface area contributed by atoms with Gasteiger partial charge in [-0.25, -0.2) is 0 Å². The smallest absolute Gasteiger partial charge is 0.0255 e. The van der Waals surface area contributed by atoms with Gasteiger partial charge in [0.2, 0.25) is 0 Å². The molecule has 2 unspecified atom stereocenters. The van der Waals surface area contributed by atoms with E-state index < -0.39 is 0 Å². The first-order valence-electron chi connectivity index (χ1n) is 5.96. The van der Waals surface area contributed by atoms with Crippen molar-refractivity contribution in [3.8, 4) is 0 Å². The lowest BCUT2D eigenvalue weighted by Gasteiger charge is -2.18. The van der Waals surface area contributed by atoms with E-state index in [2.05, 4.69) is 54.0 Å². The molecule has 0 saturated heterocycles. The van der Waals surface area contributed by atoms with Gasteiger partial charge in [0, 0.05) is 10.4 Å². The van der Waals surface area contributed by atoms with Crippen molar-refractivity contribution in [2.24, 2.45) is 11.8 Å². The minimum absolute atomic E-state index is 0.603. The van der Waals surface area contributed by atoms with E-state index in [9.17, 15) is 0 Å². The Morgan fingerprint density at radius 2 is 2.12 bits per heavy atom. The SMILES string of the molecule is CCC(C)CC(CCl)Cc1cccc(Br)c1. The van der Waals surface area contributed by atoms with Gasteiger partial charge in [0.05, 0.1) is 0 Å². The average Bonchev–Trinajstić information content (AvgIpc) is 2.28. The molecule has 0 heterocycles. The average molecular weight is 304 g/mol. The second-order valence-corrected chi connectivity index (χ2v) is 5.83. The topological polar surface area (TPSA) is 0 Å². The van der Waals surface area contributed by atoms with E-state index in [-0.39, 0.29) is 0 Å². The lowest BCUT2D eigenvalue weighted by molar-refractivity contribution is 0.407. The maximum absolute atomic E-state index is 6.05. The molecule has 90 valence electrons. The largest absolute Gasteiger partial charge is 0.126 e. The molecule has 2 atom stereocenters. The van der Waals surface area contributed by atoms with Crippen molar-refractivity contribution in [2.45, 2.75) is 33.1 Å². The van der Waals surface area contributed by atoms with E-state index >= 15 is 0 Å². The number of hydrogen-bond acceptors (Lipinski definition) is 0. The molecular weight excluding hydrogens is 284 g/mol. The van der Waals surface area contributed by atoms with Gasteiger partial charge in [0.1, 0.15) is 0 Å². The van der Waals surface area contributed by atoms with Gasteiger partial charge in [-0.3, -0.25) is 0 Å². The Kier molecular flexibility index (Phi) is 6.45. The Bertz CT molecular complexity index is 311. The van der Waals surface area contributed by atoms with Crippen molar-refractivity contribution >= 4 is 27.5 Å². The molecule has 0 N–H and O–H groups in total. The predicted octanol–water partition coefficient (Wildman–Crippen LogP) is 5.28. The van der Waals surface area contributed by atoms with Crippen LogP contribution in [0.4, 0.5) is 0 Å². The number of rotatable bonds is 6. The Morgan fingerprint density at radius 1 is 1.38 bits per heavy atom. The molecule has 0 bridgehead atoms. The first-order chi connectivity index (χ1) is 7.65. The lowest BCUT2D eigenvalue weighted by Crippen LogP contribution is -2.11. The minimum atomic E-state index is 0.603. The summed E-state index contributed by atoms with van der Waals surface area (Å²) >= 11 is 9.55. The number of halogens is 2. The standard InChI is InChI=1S/C14H20BrCl/c1-3-11(2)7-13(10-16)8-12-5-4-6-14(15)9-12/h4-6,9,11,13H,3,7-8,10H2,1-2H3. The van der Waals surface area contributed by atoms with Crippen LogP contribution in [-0.4, -0.2) is 5.88 Å². The summed E-state index contributed by atoms with van der Waals surface area (Å²) in [4.78, 5) is 0. The zero-order chi connectivity index (χ0) is 12.0. The van der Waals surface area contributed by atoms with Gasteiger partial charge in [-0.15, -0.1) is 11.6 Å². The molecular formula is C14H20BrCl. The molecule has 16 heavy (non-hydrogen) atoms. The quantitative estimate of drug-likeness (QED) is 0.627. The number of hydrogen-bond donors (Lipinski definition) is 0. The zero-order valence-electron chi connectivity index (χ0n) is 10.0. The van der Waals surface area contributed by atoms with Crippen LogP contribution >= 0.6 is 27.5 Å². The van der Waals surface area contributed by atoms with Crippen molar-refractivity contribution in [1.29, 1.82) is 0 Å². The van der Waals surface area contributed by atoms with E-state index in [0.29, 0.717) is 5.92 Å². The number of alkyl halides is 1. The fraction of sp³-hybridized carbons (Fsp3) is 0.571. The van der Waals surface area contributed by atoms with E-state index in [0.717, 1.165) is 22.7 Å². The van der Waals surface area contributed by atoms with Gasteiger partial charge in [-0.05, 0) is 42.4 Å². The normalized spacial score (nSPS) is 14.8. The summed E-state index contributed by atoms with van der Waals surface area (Å²) in [5.41, 5.74) is 1.38. The summed E-state index contributed by atoms with van der Waals surface area (Å²) in [6, 6.07) is 8.53. The van der Waals surface area contributed by atoms with Crippen LogP contribution in [0.25, 0.3) is 0 Å². The lowest BCUT2D eigenvalue weighted by atomic mass is 9.90. The summed E-state index contributed by atoms with van der Waals surface area (Å²) in [6.45, 7) is 4.55. The summed E-state index contributed by atoms with van der Waals surface area (Å²) in [5.74, 6) is 2.14. The maximum Gasteiger partial charge on any atom is 0.0255 e. The van der Waals surface area contributed by atoms with Crippen molar-refractivity contribution in [3.05, 3.63) is 34.3 Å². The second-order valence-electron chi connectivity index (χ2n) is 4.60. The van der Waals surface area contributed by atoms with E-state index in [4.69, 9.17) is 11.6 Å². The molecule has 0 radical (unpaired) electrons. The van der Waals surface area contributed by atoms with Gasteiger partial charge >= 0.3 is 0 Å². The Balaban J connectivity index is 2.56. The van der Waals surface area contributed by atoms with E-state index in [1.165, 1.54) is 18.4 Å². The third kappa shape index (κ3) is 4.88. The summed E-state index contributed by atoms with van der Waals surface area (Å²) < 4.78 is 1.15. The van der Waals surface area contributed by atoms with Crippen LogP contribution < -0.4 is 0 Å². The van der Waals surface area contributed by atoms with Gasteiger partial charge in [0.15, 0.2) is 0 Å². The molecule has 0 aliphatic carbocycles. The van der Waals surface area contributed by atoms with Crippen LogP contribution in [0.15, 0.2) is 28.7 Å². The molecule has 1 aromatic carbocycles. The Hall–Kier alpha value is -0.0100. The molecule has 0 nitrogen and oxygen atoms in total. The Labute approximate surface area is 113 Å². The van der Waals surface area contributed by atoms with Crippen LogP contribution in [0.5, 0.6) is 0 Å². The minimum Gasteiger partial charge on any atom is -0.126 e. The van der Waals surface area contributed by atoms with Crippen molar-refractivity contribution < 1.29 is 0 Å². The molecule has 0 saturated carbocycles.